The number of carbonyl (C=O) groups is 2. The van der Waals surface area contributed by atoms with Gasteiger partial charge in [-0.05, 0) is 69.3 Å². The van der Waals surface area contributed by atoms with Crippen molar-refractivity contribution < 1.29 is 37.3 Å². The number of para-hydroxylation sites is 1. The average molecular weight is 667 g/mol. The number of carbonyl (C=O) groups excluding carboxylic acids is 2. The van der Waals surface area contributed by atoms with Crippen LogP contribution in [0.15, 0.2) is 65.6 Å². The van der Waals surface area contributed by atoms with E-state index in [1.54, 1.807) is 54.3 Å². The molecule has 13 heteroatoms. The molecule has 0 aromatic heterocycles. The average Bonchev–Trinajstić information content (AvgIpc) is 3.37. The number of anilines is 2. The summed E-state index contributed by atoms with van der Waals surface area (Å²) >= 11 is 0. The first-order chi connectivity index (χ1) is 22.2. The Morgan fingerprint density at radius 2 is 1.77 bits per heavy atom. The van der Waals surface area contributed by atoms with Crippen molar-refractivity contribution in [2.24, 2.45) is 5.92 Å². The van der Waals surface area contributed by atoms with Crippen LogP contribution in [0.4, 0.5) is 16.2 Å². The van der Waals surface area contributed by atoms with E-state index in [-0.39, 0.29) is 53.4 Å². The third-order valence-corrected chi connectivity index (χ3v) is 10.4. The van der Waals surface area contributed by atoms with Crippen LogP contribution in [0.25, 0.3) is 0 Å². The number of ether oxygens (including phenoxy) is 3. The number of nitrogens with zero attached hydrogens (tertiary/aromatic N) is 2. The first kappa shape index (κ1) is 34.0. The van der Waals surface area contributed by atoms with Gasteiger partial charge in [0.2, 0.25) is 10.0 Å². The molecule has 0 bridgehead atoms. The summed E-state index contributed by atoms with van der Waals surface area (Å²) in [6.07, 6.45) is -0.126. The molecule has 3 unspecified atom stereocenters. The normalized spacial score (nSPS) is 19.4. The minimum atomic E-state index is -3.92. The first-order valence-electron chi connectivity index (χ1n) is 15.4. The first-order valence-corrected chi connectivity index (χ1v) is 16.9. The SMILES string of the molecule is COc1ccc(S(=O)(=O)N(C)CC2Oc3c(NC(=O)Nc4cccc5c4CC(C)(C)O5)cccc3C(=O)N(C(C)CO)CC2C)cc1. The molecule has 3 amide bonds. The Kier molecular flexibility index (Phi) is 9.71. The van der Waals surface area contributed by atoms with Crippen molar-refractivity contribution in [2.45, 2.75) is 56.8 Å². The molecule has 2 aliphatic rings. The van der Waals surface area contributed by atoms with Crippen LogP contribution in [0, 0.1) is 5.92 Å². The smallest absolute Gasteiger partial charge is 0.323 e. The number of urea groups is 1. The second-order valence-corrected chi connectivity index (χ2v) is 14.7. The van der Waals surface area contributed by atoms with Crippen LogP contribution < -0.4 is 24.8 Å². The summed E-state index contributed by atoms with van der Waals surface area (Å²) in [4.78, 5) is 28.9. The minimum absolute atomic E-state index is 0.0586. The lowest BCUT2D eigenvalue weighted by Crippen LogP contribution is -2.50. The molecule has 3 aromatic carbocycles. The number of fused-ring (bicyclic) bond motifs is 2. The number of nitrogens with one attached hydrogen (secondary N) is 2. The fourth-order valence-corrected chi connectivity index (χ4v) is 7.02. The van der Waals surface area contributed by atoms with Gasteiger partial charge >= 0.3 is 6.03 Å². The fraction of sp³-hybridized carbons (Fsp3) is 0.412. The van der Waals surface area contributed by atoms with E-state index in [1.807, 2.05) is 26.8 Å². The molecule has 0 fully saturated rings. The Morgan fingerprint density at radius 1 is 1.11 bits per heavy atom. The molecule has 2 aliphatic heterocycles. The summed E-state index contributed by atoms with van der Waals surface area (Å²) < 4.78 is 46.0. The molecule has 0 saturated carbocycles. The molecule has 0 spiro atoms. The van der Waals surface area contributed by atoms with Gasteiger partial charge in [0.1, 0.15) is 23.2 Å². The predicted octanol–water partition coefficient (Wildman–Crippen LogP) is 4.59. The standard InChI is InChI=1S/C34H42N4O8S/c1-21-18-38(22(2)20-39)32(40)25-9-7-11-28(36-33(41)35-27-10-8-12-29-26(27)17-34(3,4)46-29)31(25)45-30(21)19-37(5)47(42,43)24-15-13-23(44-6)14-16-24/h7-16,21-22,30,39H,17-20H2,1-6H3,(H2,35,36,41). The van der Waals surface area contributed by atoms with Crippen LogP contribution in [-0.4, -0.2) is 86.3 Å². The number of likely N-dealkylation sites (N-methyl/N-ethyl adjacent to an activating group) is 1. The van der Waals surface area contributed by atoms with Gasteiger partial charge in [-0.3, -0.25) is 4.79 Å². The third-order valence-electron chi connectivity index (χ3n) is 8.51. The van der Waals surface area contributed by atoms with Crippen molar-refractivity contribution in [3.8, 4) is 17.2 Å². The molecule has 47 heavy (non-hydrogen) atoms. The molecule has 0 aliphatic carbocycles. The van der Waals surface area contributed by atoms with Crippen LogP contribution in [0.1, 0.15) is 43.6 Å². The van der Waals surface area contributed by atoms with E-state index in [1.165, 1.54) is 30.6 Å². The lowest BCUT2D eigenvalue weighted by Gasteiger charge is -2.38. The van der Waals surface area contributed by atoms with Crippen molar-refractivity contribution >= 4 is 33.3 Å². The van der Waals surface area contributed by atoms with Crippen LogP contribution in [0.5, 0.6) is 17.2 Å². The number of benzene rings is 3. The zero-order valence-electron chi connectivity index (χ0n) is 27.4. The lowest BCUT2D eigenvalue weighted by molar-refractivity contribution is 0.0389. The molecule has 3 aromatic rings. The number of methoxy groups -OCH3 is 1. The van der Waals surface area contributed by atoms with Gasteiger partial charge < -0.3 is 34.9 Å². The van der Waals surface area contributed by atoms with E-state index in [4.69, 9.17) is 14.2 Å². The Balaban J connectivity index is 1.45. The van der Waals surface area contributed by atoms with Crippen LogP contribution in [0.2, 0.25) is 0 Å². The lowest BCUT2D eigenvalue weighted by atomic mass is 9.99. The van der Waals surface area contributed by atoms with Gasteiger partial charge in [0.05, 0.1) is 42.4 Å². The molecular weight excluding hydrogens is 624 g/mol. The Morgan fingerprint density at radius 3 is 2.45 bits per heavy atom. The number of rotatable bonds is 9. The number of aliphatic hydroxyl groups excluding tert-OH is 1. The van der Waals surface area contributed by atoms with Gasteiger partial charge in [0.25, 0.3) is 5.91 Å². The molecule has 12 nitrogen and oxygen atoms in total. The highest BCUT2D eigenvalue weighted by Crippen LogP contribution is 2.40. The Bertz CT molecular complexity index is 1750. The van der Waals surface area contributed by atoms with Crippen molar-refractivity contribution in [1.82, 2.24) is 9.21 Å². The van der Waals surface area contributed by atoms with Crippen LogP contribution >= 0.6 is 0 Å². The topological polar surface area (TPSA) is 147 Å². The summed E-state index contributed by atoms with van der Waals surface area (Å²) in [5.74, 6) is 0.593. The van der Waals surface area contributed by atoms with Crippen molar-refractivity contribution in [3.05, 3.63) is 71.8 Å². The maximum Gasteiger partial charge on any atom is 0.323 e. The summed E-state index contributed by atoms with van der Waals surface area (Å²) in [7, 11) is -0.950. The second kappa shape index (κ2) is 13.4. The maximum absolute atomic E-state index is 13.9. The van der Waals surface area contributed by atoms with Gasteiger partial charge in [-0.1, -0.05) is 19.1 Å². The summed E-state index contributed by atoms with van der Waals surface area (Å²) in [5.41, 5.74) is 1.48. The Labute approximate surface area is 275 Å². The molecule has 2 heterocycles. The molecular formula is C34H42N4O8S. The maximum atomic E-state index is 13.9. The molecule has 0 saturated heterocycles. The van der Waals surface area contributed by atoms with E-state index in [0.29, 0.717) is 23.6 Å². The van der Waals surface area contributed by atoms with Gasteiger partial charge in [-0.25, -0.2) is 13.2 Å². The van der Waals surface area contributed by atoms with Crippen molar-refractivity contribution in [1.29, 1.82) is 0 Å². The zero-order chi connectivity index (χ0) is 34.1. The molecule has 3 N–H and O–H groups in total. The molecule has 252 valence electrons. The minimum Gasteiger partial charge on any atom is -0.497 e. The fourth-order valence-electron chi connectivity index (χ4n) is 5.83. The third kappa shape index (κ3) is 7.16. The number of amides is 3. The van der Waals surface area contributed by atoms with E-state index in [0.717, 1.165) is 5.56 Å². The summed E-state index contributed by atoms with van der Waals surface area (Å²) in [6, 6.07) is 15.3. The van der Waals surface area contributed by atoms with Gasteiger partial charge in [0, 0.05) is 37.2 Å². The van der Waals surface area contributed by atoms with E-state index in [9.17, 15) is 23.1 Å². The largest absolute Gasteiger partial charge is 0.497 e. The number of sulfonamides is 1. The number of hydrogen-bond donors (Lipinski definition) is 3. The quantitative estimate of drug-likeness (QED) is 0.301. The van der Waals surface area contributed by atoms with Gasteiger partial charge in [-0.15, -0.1) is 0 Å². The van der Waals surface area contributed by atoms with Gasteiger partial charge in [0.15, 0.2) is 5.75 Å². The van der Waals surface area contributed by atoms with Crippen molar-refractivity contribution in [2.75, 3.05) is 44.5 Å². The number of aliphatic hydroxyl groups is 1. The highest BCUT2D eigenvalue weighted by atomic mass is 32.2. The predicted molar refractivity (Wildman–Crippen MR) is 178 cm³/mol. The van der Waals surface area contributed by atoms with E-state index in [2.05, 4.69) is 10.6 Å². The van der Waals surface area contributed by atoms with Crippen LogP contribution in [0.3, 0.4) is 0 Å². The molecule has 5 rings (SSSR count). The van der Waals surface area contributed by atoms with Gasteiger partial charge in [-0.2, -0.15) is 4.31 Å². The summed E-state index contributed by atoms with van der Waals surface area (Å²) in [5, 5.41) is 15.7. The Hall–Kier alpha value is -4.33. The zero-order valence-corrected chi connectivity index (χ0v) is 28.3. The summed E-state index contributed by atoms with van der Waals surface area (Å²) in [6.45, 7) is 7.42. The van der Waals surface area contributed by atoms with E-state index >= 15 is 0 Å². The second-order valence-electron chi connectivity index (χ2n) is 12.7. The highest BCUT2D eigenvalue weighted by Gasteiger charge is 2.37. The monoisotopic (exact) mass is 666 g/mol. The number of hydrogen-bond acceptors (Lipinski definition) is 8. The van der Waals surface area contributed by atoms with Crippen molar-refractivity contribution in [3.63, 3.8) is 0 Å². The molecule has 3 atom stereocenters. The molecule has 0 radical (unpaired) electrons. The highest BCUT2D eigenvalue weighted by molar-refractivity contribution is 7.89. The van der Waals surface area contributed by atoms with E-state index < -0.39 is 33.8 Å². The van der Waals surface area contributed by atoms with Crippen LogP contribution in [-0.2, 0) is 16.4 Å².